The quantitative estimate of drug-likeness (QED) is 0.434. The number of anilines is 3. The van der Waals surface area contributed by atoms with Gasteiger partial charge in [0.1, 0.15) is 11.7 Å². The molecule has 10 heteroatoms. The monoisotopic (exact) mass is 537 g/mol. The third-order valence-electron chi connectivity index (χ3n) is 5.54. The van der Waals surface area contributed by atoms with Gasteiger partial charge in [0.25, 0.3) is 5.91 Å². The van der Waals surface area contributed by atoms with Gasteiger partial charge in [-0.2, -0.15) is 0 Å². The van der Waals surface area contributed by atoms with Crippen LogP contribution in [0.2, 0.25) is 0 Å². The highest BCUT2D eigenvalue weighted by Crippen LogP contribution is 2.40. The highest BCUT2D eigenvalue weighted by Gasteiger charge is 2.21. The number of benzene rings is 2. The largest absolute Gasteiger partial charge is 0.493 e. The van der Waals surface area contributed by atoms with Gasteiger partial charge in [0.2, 0.25) is 6.41 Å². The molecule has 0 bridgehead atoms. The van der Waals surface area contributed by atoms with Crippen LogP contribution in [0.3, 0.4) is 0 Å². The predicted molar refractivity (Wildman–Crippen MR) is 138 cm³/mol. The molecule has 0 unspecified atom stereocenters. The van der Waals surface area contributed by atoms with Crippen molar-refractivity contribution in [1.29, 1.82) is 0 Å². The number of amides is 2. The van der Waals surface area contributed by atoms with Crippen LogP contribution >= 0.6 is 15.9 Å². The molecule has 1 aromatic heterocycles. The second-order valence-electron chi connectivity index (χ2n) is 7.69. The van der Waals surface area contributed by atoms with E-state index in [0.29, 0.717) is 40.7 Å². The number of ether oxygens (including phenoxy) is 2. The van der Waals surface area contributed by atoms with E-state index in [4.69, 9.17) is 9.47 Å². The average molecular weight is 538 g/mol. The van der Waals surface area contributed by atoms with Crippen molar-refractivity contribution in [3.63, 3.8) is 0 Å². The zero-order valence-corrected chi connectivity index (χ0v) is 21.1. The Hall–Kier alpha value is -3.92. The van der Waals surface area contributed by atoms with E-state index in [1.165, 1.54) is 19.1 Å². The number of methoxy groups -OCH3 is 2. The molecule has 2 aromatic carbocycles. The van der Waals surface area contributed by atoms with Crippen molar-refractivity contribution in [3.8, 4) is 11.5 Å². The second-order valence-corrected chi connectivity index (χ2v) is 8.61. The van der Waals surface area contributed by atoms with Crippen molar-refractivity contribution < 1.29 is 19.1 Å². The standard InChI is InChI=1S/C25H24BrN5O4/c1-30-11-10-27-24(30)16-4-6-17(7-5-16)25(33)29-19-12-21(34-2)22(35-3)13-20(19)31(15-32)23-9-8-18(26)14-28-23/h4-9,12-15H,10-11H2,1-3H3,(H,29,33). The van der Waals surface area contributed by atoms with Crippen LogP contribution in [-0.2, 0) is 4.79 Å². The average Bonchev–Trinajstić information content (AvgIpc) is 3.31. The molecule has 2 heterocycles. The van der Waals surface area contributed by atoms with E-state index >= 15 is 0 Å². The highest BCUT2D eigenvalue weighted by atomic mass is 79.9. The fourth-order valence-electron chi connectivity index (χ4n) is 3.72. The van der Waals surface area contributed by atoms with Crippen LogP contribution in [0.5, 0.6) is 11.5 Å². The Kier molecular flexibility index (Phi) is 7.31. The smallest absolute Gasteiger partial charge is 0.255 e. The van der Waals surface area contributed by atoms with Crippen molar-refractivity contribution in [1.82, 2.24) is 9.88 Å². The Bertz CT molecular complexity index is 1260. The summed E-state index contributed by atoms with van der Waals surface area (Å²) >= 11 is 3.34. The summed E-state index contributed by atoms with van der Waals surface area (Å²) in [5, 5.41) is 2.89. The Balaban J connectivity index is 1.68. The lowest BCUT2D eigenvalue weighted by Gasteiger charge is -2.22. The number of hydrogen-bond acceptors (Lipinski definition) is 7. The molecule has 0 radical (unpaired) electrons. The van der Waals surface area contributed by atoms with Crippen molar-refractivity contribution in [3.05, 3.63) is 70.3 Å². The van der Waals surface area contributed by atoms with Crippen molar-refractivity contribution in [2.24, 2.45) is 4.99 Å². The van der Waals surface area contributed by atoms with Gasteiger partial charge in [-0.15, -0.1) is 0 Å². The SMILES string of the molecule is COc1cc(NC(=O)c2ccc(C3=NCCN3C)cc2)c(N(C=O)c2ccc(Br)cn2)cc1OC. The maximum absolute atomic E-state index is 13.2. The molecule has 3 aromatic rings. The highest BCUT2D eigenvalue weighted by molar-refractivity contribution is 9.10. The molecule has 0 atom stereocenters. The van der Waals surface area contributed by atoms with Gasteiger partial charge in [-0.05, 0) is 40.2 Å². The number of amidine groups is 1. The van der Waals surface area contributed by atoms with Crippen LogP contribution in [0.25, 0.3) is 0 Å². The number of hydrogen-bond donors (Lipinski definition) is 1. The Morgan fingerprint density at radius 3 is 2.40 bits per heavy atom. The van der Waals surface area contributed by atoms with E-state index in [9.17, 15) is 9.59 Å². The van der Waals surface area contributed by atoms with Crippen LogP contribution in [0.15, 0.2) is 64.2 Å². The number of likely N-dealkylation sites (N-methyl/N-ethyl adjacent to an activating group) is 1. The number of aromatic nitrogens is 1. The summed E-state index contributed by atoms with van der Waals surface area (Å²) < 4.78 is 11.6. The summed E-state index contributed by atoms with van der Waals surface area (Å²) in [4.78, 5) is 37.5. The van der Waals surface area contributed by atoms with Gasteiger partial charge in [-0.25, -0.2) is 4.98 Å². The molecule has 2 amide bonds. The fraction of sp³-hybridized carbons (Fsp3) is 0.200. The lowest BCUT2D eigenvalue weighted by Crippen LogP contribution is -2.23. The van der Waals surface area contributed by atoms with Gasteiger partial charge < -0.3 is 19.7 Å². The minimum atomic E-state index is -0.346. The van der Waals surface area contributed by atoms with E-state index in [2.05, 4.69) is 36.1 Å². The molecule has 0 saturated carbocycles. The van der Waals surface area contributed by atoms with Crippen molar-refractivity contribution in [2.75, 3.05) is 44.6 Å². The van der Waals surface area contributed by atoms with Gasteiger partial charge in [-0.3, -0.25) is 19.5 Å². The molecule has 0 aliphatic carbocycles. The van der Waals surface area contributed by atoms with Crippen molar-refractivity contribution in [2.45, 2.75) is 0 Å². The van der Waals surface area contributed by atoms with Gasteiger partial charge in [-0.1, -0.05) is 12.1 Å². The first-order chi connectivity index (χ1) is 16.9. The Morgan fingerprint density at radius 2 is 1.83 bits per heavy atom. The first-order valence-electron chi connectivity index (χ1n) is 10.7. The zero-order chi connectivity index (χ0) is 24.9. The summed E-state index contributed by atoms with van der Waals surface area (Å²) in [6.07, 6.45) is 2.21. The van der Waals surface area contributed by atoms with Crippen LogP contribution < -0.4 is 19.7 Å². The summed E-state index contributed by atoms with van der Waals surface area (Å²) in [6.45, 7) is 1.64. The third-order valence-corrected chi connectivity index (χ3v) is 6.01. The molecule has 35 heavy (non-hydrogen) atoms. The van der Waals surface area contributed by atoms with Gasteiger partial charge in [0.15, 0.2) is 11.5 Å². The molecular weight excluding hydrogens is 514 g/mol. The third kappa shape index (κ3) is 5.12. The van der Waals surface area contributed by atoms with Crippen molar-refractivity contribution >= 4 is 51.3 Å². The maximum Gasteiger partial charge on any atom is 0.255 e. The number of nitrogens with zero attached hydrogens (tertiary/aromatic N) is 4. The molecule has 4 rings (SSSR count). The molecular formula is C25H24BrN5O4. The first kappa shape index (κ1) is 24.2. The number of nitrogens with one attached hydrogen (secondary N) is 1. The Morgan fingerprint density at radius 1 is 1.11 bits per heavy atom. The van der Waals surface area contributed by atoms with Crippen LogP contribution in [0.4, 0.5) is 17.2 Å². The Labute approximate surface area is 211 Å². The van der Waals surface area contributed by atoms with Gasteiger partial charge >= 0.3 is 0 Å². The predicted octanol–water partition coefficient (Wildman–Crippen LogP) is 4.10. The number of halogens is 1. The minimum absolute atomic E-state index is 0.346. The first-order valence-corrected chi connectivity index (χ1v) is 11.5. The number of carbonyl (C=O) groups is 2. The molecule has 180 valence electrons. The molecule has 1 aliphatic rings. The summed E-state index contributed by atoms with van der Waals surface area (Å²) in [5.41, 5.74) is 2.13. The van der Waals surface area contributed by atoms with Gasteiger partial charge in [0, 0.05) is 47.5 Å². The normalized spacial score (nSPS) is 12.7. The molecule has 1 N–H and O–H groups in total. The summed E-state index contributed by atoms with van der Waals surface area (Å²) in [7, 11) is 4.99. The fourth-order valence-corrected chi connectivity index (χ4v) is 3.96. The van der Waals surface area contributed by atoms with E-state index in [1.807, 2.05) is 19.2 Å². The van der Waals surface area contributed by atoms with Crippen LogP contribution in [0, 0.1) is 0 Å². The number of aliphatic imine (C=N–C) groups is 1. The number of carbonyl (C=O) groups excluding carboxylic acids is 2. The molecule has 1 aliphatic heterocycles. The van der Waals surface area contributed by atoms with E-state index in [1.54, 1.807) is 42.6 Å². The zero-order valence-electron chi connectivity index (χ0n) is 19.5. The molecule has 0 saturated heterocycles. The van der Waals surface area contributed by atoms with Crippen LogP contribution in [0.1, 0.15) is 15.9 Å². The second kappa shape index (κ2) is 10.6. The van der Waals surface area contributed by atoms with Crippen LogP contribution in [-0.4, -0.2) is 62.4 Å². The minimum Gasteiger partial charge on any atom is -0.493 e. The molecule has 9 nitrogen and oxygen atoms in total. The molecule has 0 spiro atoms. The number of rotatable bonds is 8. The maximum atomic E-state index is 13.2. The lowest BCUT2D eigenvalue weighted by atomic mass is 10.1. The lowest BCUT2D eigenvalue weighted by molar-refractivity contribution is -0.106. The number of pyridine rings is 1. The van der Waals surface area contributed by atoms with E-state index < -0.39 is 0 Å². The van der Waals surface area contributed by atoms with E-state index in [-0.39, 0.29) is 5.91 Å². The molecule has 0 fully saturated rings. The summed E-state index contributed by atoms with van der Waals surface area (Å²) in [5.74, 6) is 1.73. The topological polar surface area (TPSA) is 96.4 Å². The van der Waals surface area contributed by atoms with E-state index in [0.717, 1.165) is 29.0 Å². The summed E-state index contributed by atoms with van der Waals surface area (Å²) in [6, 6.07) is 13.9. The van der Waals surface area contributed by atoms with Gasteiger partial charge in [0.05, 0.1) is 32.1 Å².